The second kappa shape index (κ2) is 6.06. The van der Waals surface area contributed by atoms with Crippen LogP contribution in [0.25, 0.3) is 0 Å². The molecule has 2 rings (SSSR count). The summed E-state index contributed by atoms with van der Waals surface area (Å²) in [5, 5.41) is 0. The second-order valence-corrected chi connectivity index (χ2v) is 4.43. The van der Waals surface area contributed by atoms with Crippen molar-refractivity contribution in [1.29, 1.82) is 0 Å². The van der Waals surface area contributed by atoms with Crippen LogP contribution < -0.4 is 10.6 Å². The average Bonchev–Trinajstić information content (AvgIpc) is 2.41. The van der Waals surface area contributed by atoms with Crippen LogP contribution in [-0.4, -0.2) is 54.1 Å². The largest absolute Gasteiger partial charge is 0.352 e. The van der Waals surface area contributed by atoms with Gasteiger partial charge in [0.2, 0.25) is 0 Å². The molecule has 1 saturated heterocycles. The van der Waals surface area contributed by atoms with Gasteiger partial charge in [-0.15, -0.1) is 0 Å². The van der Waals surface area contributed by atoms with E-state index in [1.807, 2.05) is 11.8 Å². The molecule has 5 nitrogen and oxygen atoms in total. The van der Waals surface area contributed by atoms with Gasteiger partial charge in [0.15, 0.2) is 11.6 Å². The Balaban J connectivity index is 2.05. The SMILES string of the molecule is CCc1ncnc(N2CCN(CCN)CC2)c1F. The lowest BCUT2D eigenvalue weighted by atomic mass is 10.2. The lowest BCUT2D eigenvalue weighted by Gasteiger charge is -2.35. The van der Waals surface area contributed by atoms with Gasteiger partial charge in [-0.2, -0.15) is 0 Å². The van der Waals surface area contributed by atoms with Crippen molar-refractivity contribution in [3.63, 3.8) is 0 Å². The fourth-order valence-corrected chi connectivity index (χ4v) is 2.23. The number of rotatable bonds is 4. The highest BCUT2D eigenvalue weighted by Crippen LogP contribution is 2.19. The second-order valence-electron chi connectivity index (χ2n) is 4.43. The van der Waals surface area contributed by atoms with Gasteiger partial charge in [-0.1, -0.05) is 6.92 Å². The van der Waals surface area contributed by atoms with Crippen LogP contribution in [0.2, 0.25) is 0 Å². The molecule has 1 aliphatic heterocycles. The molecule has 0 aliphatic carbocycles. The van der Waals surface area contributed by atoms with Gasteiger partial charge in [0, 0.05) is 39.3 Å². The molecule has 0 bridgehead atoms. The van der Waals surface area contributed by atoms with Gasteiger partial charge < -0.3 is 10.6 Å². The molecule has 0 spiro atoms. The van der Waals surface area contributed by atoms with Crippen LogP contribution >= 0.6 is 0 Å². The highest BCUT2D eigenvalue weighted by atomic mass is 19.1. The summed E-state index contributed by atoms with van der Waals surface area (Å²) < 4.78 is 14.1. The van der Waals surface area contributed by atoms with Crippen molar-refractivity contribution in [1.82, 2.24) is 14.9 Å². The molecule has 18 heavy (non-hydrogen) atoms. The zero-order chi connectivity index (χ0) is 13.0. The summed E-state index contributed by atoms with van der Waals surface area (Å²) in [7, 11) is 0. The molecule has 1 aliphatic rings. The first-order chi connectivity index (χ1) is 8.76. The topological polar surface area (TPSA) is 58.3 Å². The molecule has 0 radical (unpaired) electrons. The lowest BCUT2D eigenvalue weighted by Crippen LogP contribution is -2.48. The van der Waals surface area contributed by atoms with Gasteiger partial charge >= 0.3 is 0 Å². The van der Waals surface area contributed by atoms with Gasteiger partial charge in [0.1, 0.15) is 6.33 Å². The highest BCUT2D eigenvalue weighted by Gasteiger charge is 2.21. The van der Waals surface area contributed by atoms with E-state index in [9.17, 15) is 4.39 Å². The zero-order valence-electron chi connectivity index (χ0n) is 10.8. The van der Waals surface area contributed by atoms with Crippen LogP contribution in [0, 0.1) is 5.82 Å². The molecule has 1 aromatic heterocycles. The number of aromatic nitrogens is 2. The predicted octanol–water partition coefficient (Wildman–Crippen LogP) is 0.259. The molecular formula is C12H20FN5. The molecule has 1 aromatic rings. The molecule has 100 valence electrons. The minimum atomic E-state index is -0.271. The number of aryl methyl sites for hydroxylation is 1. The molecule has 2 heterocycles. The third-order valence-corrected chi connectivity index (χ3v) is 3.30. The summed E-state index contributed by atoms with van der Waals surface area (Å²) in [4.78, 5) is 12.3. The molecule has 2 N–H and O–H groups in total. The number of hydrogen-bond donors (Lipinski definition) is 1. The number of nitrogens with two attached hydrogens (primary N) is 1. The van der Waals surface area contributed by atoms with Crippen molar-refractivity contribution in [3.8, 4) is 0 Å². The molecule has 0 atom stereocenters. The van der Waals surface area contributed by atoms with Gasteiger partial charge in [-0.3, -0.25) is 4.90 Å². The van der Waals surface area contributed by atoms with E-state index in [4.69, 9.17) is 5.73 Å². The summed E-state index contributed by atoms with van der Waals surface area (Å²) >= 11 is 0. The van der Waals surface area contributed by atoms with Crippen LogP contribution in [0.1, 0.15) is 12.6 Å². The van der Waals surface area contributed by atoms with Gasteiger partial charge in [-0.25, -0.2) is 14.4 Å². The van der Waals surface area contributed by atoms with Crippen molar-refractivity contribution in [2.75, 3.05) is 44.2 Å². The first-order valence-electron chi connectivity index (χ1n) is 6.43. The summed E-state index contributed by atoms with van der Waals surface area (Å²) in [5.74, 6) is 0.168. The maximum atomic E-state index is 14.1. The van der Waals surface area contributed by atoms with Crippen LogP contribution in [-0.2, 0) is 6.42 Å². The fourth-order valence-electron chi connectivity index (χ4n) is 2.23. The van der Waals surface area contributed by atoms with Gasteiger partial charge in [-0.05, 0) is 6.42 Å². The fraction of sp³-hybridized carbons (Fsp3) is 0.667. The number of anilines is 1. The molecule has 1 fully saturated rings. The number of nitrogens with zero attached hydrogens (tertiary/aromatic N) is 4. The third kappa shape index (κ3) is 2.76. The summed E-state index contributed by atoms with van der Waals surface area (Å²) in [6, 6.07) is 0. The first kappa shape index (κ1) is 13.2. The van der Waals surface area contributed by atoms with E-state index in [2.05, 4.69) is 14.9 Å². The Morgan fingerprint density at radius 3 is 2.61 bits per heavy atom. The van der Waals surface area contributed by atoms with Gasteiger partial charge in [0.25, 0.3) is 0 Å². The predicted molar refractivity (Wildman–Crippen MR) is 69.1 cm³/mol. The van der Waals surface area contributed by atoms with E-state index >= 15 is 0 Å². The van der Waals surface area contributed by atoms with Crippen LogP contribution in [0.3, 0.4) is 0 Å². The van der Waals surface area contributed by atoms with Crippen LogP contribution in [0.5, 0.6) is 0 Å². The Morgan fingerprint density at radius 2 is 2.00 bits per heavy atom. The molecule has 0 unspecified atom stereocenters. The van der Waals surface area contributed by atoms with Crippen molar-refractivity contribution in [3.05, 3.63) is 17.8 Å². The quantitative estimate of drug-likeness (QED) is 0.834. The standard InChI is InChI=1S/C12H20FN5/c1-2-10-11(13)12(16-9-15-10)18-7-5-17(4-3-14)6-8-18/h9H,2-8,14H2,1H3. The summed E-state index contributed by atoms with van der Waals surface area (Å²) in [6.07, 6.45) is 2.04. The van der Waals surface area contributed by atoms with E-state index in [0.717, 1.165) is 32.7 Å². The average molecular weight is 253 g/mol. The van der Waals surface area contributed by atoms with Crippen molar-refractivity contribution in [2.24, 2.45) is 5.73 Å². The first-order valence-corrected chi connectivity index (χ1v) is 6.43. The van der Waals surface area contributed by atoms with E-state index < -0.39 is 0 Å². The molecule has 0 amide bonds. The minimum absolute atomic E-state index is 0.271. The Morgan fingerprint density at radius 1 is 1.28 bits per heavy atom. The monoisotopic (exact) mass is 253 g/mol. The third-order valence-electron chi connectivity index (χ3n) is 3.30. The Bertz CT molecular complexity index is 390. The Hall–Kier alpha value is -1.27. The summed E-state index contributed by atoms with van der Waals surface area (Å²) in [6.45, 7) is 6.86. The number of hydrogen-bond acceptors (Lipinski definition) is 5. The van der Waals surface area contributed by atoms with Crippen LogP contribution in [0.15, 0.2) is 6.33 Å². The maximum absolute atomic E-state index is 14.1. The molecular weight excluding hydrogens is 233 g/mol. The number of halogens is 1. The molecule has 0 aromatic carbocycles. The van der Waals surface area contributed by atoms with E-state index in [-0.39, 0.29) is 5.82 Å². The normalized spacial score (nSPS) is 17.2. The minimum Gasteiger partial charge on any atom is -0.352 e. The van der Waals surface area contributed by atoms with Crippen LogP contribution in [0.4, 0.5) is 10.2 Å². The Labute approximate surface area is 107 Å². The van der Waals surface area contributed by atoms with E-state index in [1.165, 1.54) is 6.33 Å². The van der Waals surface area contributed by atoms with Gasteiger partial charge in [0.05, 0.1) is 5.69 Å². The Kier molecular flexibility index (Phi) is 4.43. The van der Waals surface area contributed by atoms with E-state index in [0.29, 0.717) is 24.5 Å². The van der Waals surface area contributed by atoms with Crippen molar-refractivity contribution in [2.45, 2.75) is 13.3 Å². The maximum Gasteiger partial charge on any atom is 0.187 e. The highest BCUT2D eigenvalue weighted by molar-refractivity contribution is 5.41. The smallest absolute Gasteiger partial charge is 0.187 e. The zero-order valence-corrected chi connectivity index (χ0v) is 10.8. The van der Waals surface area contributed by atoms with E-state index in [1.54, 1.807) is 0 Å². The lowest BCUT2D eigenvalue weighted by molar-refractivity contribution is 0.263. The summed E-state index contributed by atoms with van der Waals surface area (Å²) in [5.41, 5.74) is 6.02. The number of piperazine rings is 1. The molecule has 6 heteroatoms. The van der Waals surface area contributed by atoms with Crippen molar-refractivity contribution < 1.29 is 4.39 Å². The van der Waals surface area contributed by atoms with Crippen molar-refractivity contribution >= 4 is 5.82 Å². The molecule has 0 saturated carbocycles.